The summed E-state index contributed by atoms with van der Waals surface area (Å²) in [7, 11) is 0. The Hall–Kier alpha value is -0.930. The minimum Gasteiger partial charge on any atom is -0.348 e. The molecule has 0 bridgehead atoms. The summed E-state index contributed by atoms with van der Waals surface area (Å²) < 4.78 is 11.0. The molecular weight excluding hydrogens is 228 g/mol. The maximum atomic E-state index is 10.9. The Labute approximate surface area is 110 Å². The van der Waals surface area contributed by atoms with E-state index < -0.39 is 5.79 Å². The maximum absolute atomic E-state index is 10.9. The predicted octanol–water partition coefficient (Wildman–Crippen LogP) is 3.40. The van der Waals surface area contributed by atoms with Crippen molar-refractivity contribution in [1.82, 2.24) is 0 Å². The number of carbonyl (C=O) groups is 1. The van der Waals surface area contributed by atoms with E-state index in [9.17, 15) is 4.79 Å². The van der Waals surface area contributed by atoms with E-state index in [0.29, 0.717) is 13.2 Å². The minimum absolute atomic E-state index is 0.454. The van der Waals surface area contributed by atoms with Crippen molar-refractivity contribution < 1.29 is 14.3 Å². The zero-order chi connectivity index (χ0) is 13.4. The Bertz CT molecular complexity index is 319. The van der Waals surface area contributed by atoms with Gasteiger partial charge in [-0.2, -0.15) is 0 Å². The van der Waals surface area contributed by atoms with Gasteiger partial charge in [-0.3, -0.25) is 4.79 Å². The second kappa shape index (κ2) is 7.49. The standard InChI is InChI=1S/C15H24O3/c1-13(2)6-4-7-14(12-16)8-5-9-15(3)17-10-11-18-15/h6,8,12H,4-5,7,9-11H2,1-3H3/b14-8-. The van der Waals surface area contributed by atoms with E-state index in [1.807, 2.05) is 13.0 Å². The molecule has 102 valence electrons. The van der Waals surface area contributed by atoms with Crippen molar-refractivity contribution in [2.75, 3.05) is 13.2 Å². The highest BCUT2D eigenvalue weighted by molar-refractivity contribution is 5.72. The summed E-state index contributed by atoms with van der Waals surface area (Å²) in [5.74, 6) is -0.454. The summed E-state index contributed by atoms with van der Waals surface area (Å²) in [5, 5.41) is 0. The quantitative estimate of drug-likeness (QED) is 0.396. The Morgan fingerprint density at radius 3 is 2.39 bits per heavy atom. The molecule has 0 spiro atoms. The van der Waals surface area contributed by atoms with Crippen molar-refractivity contribution in [3.05, 3.63) is 23.3 Å². The summed E-state index contributed by atoms with van der Waals surface area (Å²) in [6.45, 7) is 7.43. The van der Waals surface area contributed by atoms with Crippen LogP contribution in [0.1, 0.15) is 46.5 Å². The second-order valence-corrected chi connectivity index (χ2v) is 5.09. The number of carbonyl (C=O) groups excluding carboxylic acids is 1. The molecule has 0 atom stereocenters. The molecule has 0 radical (unpaired) electrons. The molecule has 0 N–H and O–H groups in total. The average Bonchev–Trinajstić information content (AvgIpc) is 2.74. The summed E-state index contributed by atoms with van der Waals surface area (Å²) >= 11 is 0. The third-order valence-electron chi connectivity index (χ3n) is 3.04. The van der Waals surface area contributed by atoms with Crippen LogP contribution in [0.3, 0.4) is 0 Å². The van der Waals surface area contributed by atoms with E-state index in [1.54, 1.807) is 0 Å². The molecule has 1 saturated heterocycles. The summed E-state index contributed by atoms with van der Waals surface area (Å²) in [6.07, 6.45) is 8.47. The molecule has 0 aliphatic carbocycles. The van der Waals surface area contributed by atoms with Crippen LogP contribution in [-0.2, 0) is 14.3 Å². The fourth-order valence-corrected chi connectivity index (χ4v) is 1.96. The lowest BCUT2D eigenvalue weighted by Crippen LogP contribution is -2.24. The Kier molecular flexibility index (Phi) is 6.30. The van der Waals surface area contributed by atoms with Crippen LogP contribution in [0, 0.1) is 0 Å². The number of hydrogen-bond donors (Lipinski definition) is 0. The lowest BCUT2D eigenvalue weighted by atomic mass is 10.1. The molecule has 3 heteroatoms. The van der Waals surface area contributed by atoms with Crippen molar-refractivity contribution in [2.45, 2.75) is 52.2 Å². The molecule has 0 aromatic heterocycles. The van der Waals surface area contributed by atoms with E-state index in [-0.39, 0.29) is 0 Å². The van der Waals surface area contributed by atoms with Crippen LogP contribution >= 0.6 is 0 Å². The molecule has 1 heterocycles. The Morgan fingerprint density at radius 1 is 1.17 bits per heavy atom. The normalized spacial score (nSPS) is 18.7. The number of ether oxygens (including phenoxy) is 2. The molecular formula is C15H24O3. The van der Waals surface area contributed by atoms with E-state index >= 15 is 0 Å². The molecule has 0 saturated carbocycles. The molecule has 18 heavy (non-hydrogen) atoms. The zero-order valence-electron chi connectivity index (χ0n) is 11.7. The van der Waals surface area contributed by atoms with Crippen molar-refractivity contribution in [3.63, 3.8) is 0 Å². The van der Waals surface area contributed by atoms with Gasteiger partial charge >= 0.3 is 0 Å². The lowest BCUT2D eigenvalue weighted by molar-refractivity contribution is -0.145. The van der Waals surface area contributed by atoms with Gasteiger partial charge < -0.3 is 9.47 Å². The second-order valence-electron chi connectivity index (χ2n) is 5.09. The van der Waals surface area contributed by atoms with Crippen molar-refractivity contribution in [3.8, 4) is 0 Å². The van der Waals surface area contributed by atoms with Gasteiger partial charge in [0.25, 0.3) is 0 Å². The first-order valence-corrected chi connectivity index (χ1v) is 6.61. The van der Waals surface area contributed by atoms with Gasteiger partial charge in [0.15, 0.2) is 5.79 Å². The number of aldehydes is 1. The first-order valence-electron chi connectivity index (χ1n) is 6.61. The van der Waals surface area contributed by atoms with Crippen LogP contribution in [0.25, 0.3) is 0 Å². The van der Waals surface area contributed by atoms with Gasteiger partial charge in [0, 0.05) is 6.42 Å². The van der Waals surface area contributed by atoms with Crippen molar-refractivity contribution in [1.29, 1.82) is 0 Å². The van der Waals surface area contributed by atoms with Gasteiger partial charge in [0.1, 0.15) is 6.29 Å². The van der Waals surface area contributed by atoms with Gasteiger partial charge in [-0.25, -0.2) is 0 Å². The topological polar surface area (TPSA) is 35.5 Å². The van der Waals surface area contributed by atoms with Crippen LogP contribution in [0.4, 0.5) is 0 Å². The third kappa shape index (κ3) is 5.61. The summed E-state index contributed by atoms with van der Waals surface area (Å²) in [5.41, 5.74) is 2.16. The first kappa shape index (κ1) is 15.1. The monoisotopic (exact) mass is 252 g/mol. The largest absolute Gasteiger partial charge is 0.348 e. The highest BCUT2D eigenvalue weighted by atomic mass is 16.7. The molecule has 1 aliphatic heterocycles. The fraction of sp³-hybridized carbons (Fsp3) is 0.667. The zero-order valence-corrected chi connectivity index (χ0v) is 11.7. The van der Waals surface area contributed by atoms with Gasteiger partial charge in [0.2, 0.25) is 0 Å². The average molecular weight is 252 g/mol. The number of hydrogen-bond acceptors (Lipinski definition) is 3. The lowest BCUT2D eigenvalue weighted by Gasteiger charge is -2.21. The Balaban J connectivity index is 2.33. The van der Waals surface area contributed by atoms with Crippen molar-refractivity contribution in [2.24, 2.45) is 0 Å². The van der Waals surface area contributed by atoms with Gasteiger partial charge in [-0.05, 0) is 45.6 Å². The maximum Gasteiger partial charge on any atom is 0.166 e. The van der Waals surface area contributed by atoms with Gasteiger partial charge in [0.05, 0.1) is 13.2 Å². The predicted molar refractivity (Wildman–Crippen MR) is 72.4 cm³/mol. The van der Waals surface area contributed by atoms with E-state index in [0.717, 1.165) is 37.5 Å². The smallest absolute Gasteiger partial charge is 0.166 e. The molecule has 0 aromatic rings. The summed E-state index contributed by atoms with van der Waals surface area (Å²) in [6, 6.07) is 0. The minimum atomic E-state index is -0.454. The van der Waals surface area contributed by atoms with E-state index in [4.69, 9.17) is 9.47 Å². The molecule has 0 unspecified atom stereocenters. The number of rotatable bonds is 7. The highest BCUT2D eigenvalue weighted by Crippen LogP contribution is 2.24. The van der Waals surface area contributed by atoms with Gasteiger partial charge in [-0.1, -0.05) is 17.7 Å². The molecule has 1 rings (SSSR count). The van der Waals surface area contributed by atoms with Crippen LogP contribution in [0.2, 0.25) is 0 Å². The summed E-state index contributed by atoms with van der Waals surface area (Å²) in [4.78, 5) is 10.9. The van der Waals surface area contributed by atoms with Crippen LogP contribution < -0.4 is 0 Å². The molecule has 0 amide bonds. The van der Waals surface area contributed by atoms with Crippen molar-refractivity contribution >= 4 is 6.29 Å². The number of allylic oxidation sites excluding steroid dienone is 4. The first-order chi connectivity index (χ1) is 8.56. The van der Waals surface area contributed by atoms with Crippen LogP contribution in [0.15, 0.2) is 23.3 Å². The Morgan fingerprint density at radius 2 is 1.83 bits per heavy atom. The van der Waals surface area contributed by atoms with Crippen LogP contribution in [0.5, 0.6) is 0 Å². The van der Waals surface area contributed by atoms with Crippen LogP contribution in [-0.4, -0.2) is 25.3 Å². The third-order valence-corrected chi connectivity index (χ3v) is 3.04. The molecule has 1 fully saturated rings. The fourth-order valence-electron chi connectivity index (χ4n) is 1.96. The molecule has 3 nitrogen and oxygen atoms in total. The van der Waals surface area contributed by atoms with E-state index in [1.165, 1.54) is 5.57 Å². The highest BCUT2D eigenvalue weighted by Gasteiger charge is 2.29. The molecule has 0 aromatic carbocycles. The van der Waals surface area contributed by atoms with Gasteiger partial charge in [-0.15, -0.1) is 0 Å². The SMILES string of the molecule is CC(C)=CCC/C(C=O)=C/CCC1(C)OCCO1. The van der Waals surface area contributed by atoms with E-state index in [2.05, 4.69) is 19.9 Å². The molecule has 1 aliphatic rings.